The summed E-state index contributed by atoms with van der Waals surface area (Å²) in [5, 5.41) is 10.0. The Labute approximate surface area is 429 Å². The van der Waals surface area contributed by atoms with Crippen LogP contribution < -0.4 is 26.2 Å². The van der Waals surface area contributed by atoms with Crippen LogP contribution in [0.4, 0.5) is 34.1 Å². The maximum atomic E-state index is 2.60. The van der Waals surface area contributed by atoms with E-state index in [1.165, 1.54) is 138 Å². The van der Waals surface area contributed by atoms with Gasteiger partial charge in [-0.25, -0.2) is 0 Å². The number of rotatable bonds is 3. The Morgan fingerprint density at radius 2 is 0.703 bits per heavy atom. The van der Waals surface area contributed by atoms with E-state index >= 15 is 0 Å². The summed E-state index contributed by atoms with van der Waals surface area (Å²) in [5.74, 6) is 0. The number of hydrogen-bond acceptors (Lipinski definition) is 2. The first kappa shape index (κ1) is 40.2. The van der Waals surface area contributed by atoms with E-state index in [0.29, 0.717) is 0 Å². The van der Waals surface area contributed by atoms with Crippen LogP contribution in [0.15, 0.2) is 261 Å². The number of para-hydroxylation sites is 2. The summed E-state index contributed by atoms with van der Waals surface area (Å²) in [6.45, 7) is -0.0556. The minimum atomic E-state index is -0.412. The molecule has 2 heterocycles. The monoisotopic (exact) mass is 934 g/mol. The Kier molecular flexibility index (Phi) is 8.05. The van der Waals surface area contributed by atoms with E-state index in [0.717, 1.165) is 11.4 Å². The zero-order valence-corrected chi connectivity index (χ0v) is 40.3. The van der Waals surface area contributed by atoms with Crippen molar-refractivity contribution in [3.63, 3.8) is 0 Å². The van der Waals surface area contributed by atoms with Gasteiger partial charge in [-0.2, -0.15) is 0 Å². The second kappa shape index (κ2) is 14.8. The van der Waals surface area contributed by atoms with Gasteiger partial charge in [0.05, 0.1) is 5.41 Å². The van der Waals surface area contributed by atoms with E-state index in [2.05, 4.69) is 271 Å². The standard InChI is InChI=1S/C71H43BN2/c1-3-19-48(20-4-1)73-66-42-47(46-33-38-63-59(41-46)56-27-13-16-30-62(56)71(63)60-28-14-11-25-54(60)55-26-12-15-29-61(55)71)43-67-68(66)72(64-39-36-52-50-23-9-7-17-44(50)31-34-57(52)69(64)73)65-40-37-53-51-24-10-8-18-45(51)32-35-58(53)70(65)74(67)49-21-5-2-6-22-49/h1-43H. The number of nitrogens with zero attached hydrogens (tertiary/aromatic N) is 2. The Hall–Kier alpha value is -9.44. The number of hydrogen-bond donors (Lipinski definition) is 0. The van der Waals surface area contributed by atoms with Crippen molar-refractivity contribution in [2.24, 2.45) is 0 Å². The molecule has 74 heavy (non-hydrogen) atoms. The van der Waals surface area contributed by atoms with Crippen LogP contribution in [0.3, 0.4) is 0 Å². The number of fused-ring (bicyclic) bond motifs is 22. The molecule has 0 radical (unpaired) electrons. The van der Waals surface area contributed by atoms with Gasteiger partial charge < -0.3 is 9.80 Å². The molecule has 3 heteroatoms. The molecule has 2 aliphatic heterocycles. The van der Waals surface area contributed by atoms with E-state index in [1.54, 1.807) is 0 Å². The average molecular weight is 935 g/mol. The Morgan fingerprint density at radius 1 is 0.284 bits per heavy atom. The highest BCUT2D eigenvalue weighted by Gasteiger charge is 2.52. The lowest BCUT2D eigenvalue weighted by Crippen LogP contribution is -2.61. The van der Waals surface area contributed by atoms with Gasteiger partial charge in [0.15, 0.2) is 0 Å². The van der Waals surface area contributed by atoms with Gasteiger partial charge in [-0.1, -0.05) is 218 Å². The van der Waals surface area contributed by atoms with Crippen molar-refractivity contribution in [2.75, 3.05) is 9.80 Å². The van der Waals surface area contributed by atoms with E-state index in [-0.39, 0.29) is 6.71 Å². The van der Waals surface area contributed by atoms with Gasteiger partial charge in [-0.3, -0.25) is 0 Å². The van der Waals surface area contributed by atoms with Crippen LogP contribution in [0.25, 0.3) is 76.5 Å². The molecule has 4 aliphatic rings. The summed E-state index contributed by atoms with van der Waals surface area (Å²) in [5.41, 5.74) is 23.7. The van der Waals surface area contributed by atoms with Crippen LogP contribution in [0.5, 0.6) is 0 Å². The maximum Gasteiger partial charge on any atom is 0.252 e. The minimum Gasteiger partial charge on any atom is -0.311 e. The molecule has 0 saturated carbocycles. The normalized spacial score (nSPS) is 14.0. The van der Waals surface area contributed by atoms with Crippen LogP contribution in [0.2, 0.25) is 0 Å². The van der Waals surface area contributed by atoms with Crippen LogP contribution in [0.1, 0.15) is 22.3 Å². The minimum absolute atomic E-state index is 0.0556. The molecule has 2 aliphatic carbocycles. The molecule has 0 amide bonds. The second-order valence-corrected chi connectivity index (χ2v) is 20.6. The smallest absolute Gasteiger partial charge is 0.252 e. The predicted molar refractivity (Wildman–Crippen MR) is 312 cm³/mol. The van der Waals surface area contributed by atoms with Gasteiger partial charge in [-0.05, 0) is 147 Å². The van der Waals surface area contributed by atoms with Gasteiger partial charge in [0.25, 0.3) is 6.71 Å². The van der Waals surface area contributed by atoms with Crippen molar-refractivity contribution in [3.8, 4) is 33.4 Å². The largest absolute Gasteiger partial charge is 0.311 e. The molecule has 0 unspecified atom stereocenters. The van der Waals surface area contributed by atoms with Crippen molar-refractivity contribution in [1.29, 1.82) is 0 Å². The Balaban J connectivity index is 0.996. The van der Waals surface area contributed by atoms with Gasteiger partial charge >= 0.3 is 0 Å². The summed E-state index contributed by atoms with van der Waals surface area (Å²) >= 11 is 0. The first-order chi connectivity index (χ1) is 36.7. The first-order valence-electron chi connectivity index (χ1n) is 26.0. The molecule has 0 saturated heterocycles. The highest BCUT2D eigenvalue weighted by molar-refractivity contribution is 7.01. The third kappa shape index (κ3) is 5.15. The fourth-order valence-electron chi connectivity index (χ4n) is 14.3. The molecular weight excluding hydrogens is 892 g/mol. The average Bonchev–Trinajstić information content (AvgIpc) is 3.96. The van der Waals surface area contributed by atoms with Gasteiger partial charge in [0.2, 0.25) is 0 Å². The summed E-state index contributed by atoms with van der Waals surface area (Å²) in [4.78, 5) is 5.19. The zero-order valence-electron chi connectivity index (χ0n) is 40.3. The molecule has 13 aromatic rings. The molecular formula is C71H43BN2. The molecule has 0 fully saturated rings. The topological polar surface area (TPSA) is 6.48 Å². The molecule has 2 nitrogen and oxygen atoms in total. The van der Waals surface area contributed by atoms with Crippen molar-refractivity contribution in [3.05, 3.63) is 283 Å². The summed E-state index contributed by atoms with van der Waals surface area (Å²) in [7, 11) is 0. The predicted octanol–water partition coefficient (Wildman–Crippen LogP) is 16.4. The van der Waals surface area contributed by atoms with Crippen LogP contribution >= 0.6 is 0 Å². The second-order valence-electron chi connectivity index (χ2n) is 20.6. The summed E-state index contributed by atoms with van der Waals surface area (Å²) in [6, 6.07) is 98.7. The first-order valence-corrected chi connectivity index (χ1v) is 26.0. The zero-order chi connectivity index (χ0) is 48.2. The molecule has 17 rings (SSSR count). The van der Waals surface area contributed by atoms with Crippen LogP contribution in [0, 0.1) is 0 Å². The van der Waals surface area contributed by atoms with Gasteiger partial charge in [0, 0.05) is 44.9 Å². The summed E-state index contributed by atoms with van der Waals surface area (Å²) in [6.07, 6.45) is 0. The van der Waals surface area contributed by atoms with Gasteiger partial charge in [0.1, 0.15) is 0 Å². The third-order valence-electron chi connectivity index (χ3n) is 17.2. The van der Waals surface area contributed by atoms with Crippen LogP contribution in [-0.2, 0) is 5.41 Å². The maximum absolute atomic E-state index is 2.60. The fraction of sp³-hybridized carbons (Fsp3) is 0.0141. The molecule has 0 bridgehead atoms. The van der Waals surface area contributed by atoms with Crippen molar-refractivity contribution >= 4 is 100 Å². The van der Waals surface area contributed by atoms with E-state index in [1.807, 2.05) is 0 Å². The van der Waals surface area contributed by atoms with Crippen LogP contribution in [-0.4, -0.2) is 6.71 Å². The highest BCUT2D eigenvalue weighted by Crippen LogP contribution is 2.63. The molecule has 0 aromatic heterocycles. The summed E-state index contributed by atoms with van der Waals surface area (Å²) < 4.78 is 0. The lowest BCUT2D eigenvalue weighted by Gasteiger charge is -2.45. The Bertz CT molecular complexity index is 4340. The quantitative estimate of drug-likeness (QED) is 0.129. The number of anilines is 6. The lowest BCUT2D eigenvalue weighted by atomic mass is 9.33. The third-order valence-corrected chi connectivity index (χ3v) is 17.2. The molecule has 340 valence electrons. The molecule has 1 spiro atoms. The van der Waals surface area contributed by atoms with E-state index in [4.69, 9.17) is 0 Å². The molecule has 0 atom stereocenters. The van der Waals surface area contributed by atoms with Crippen molar-refractivity contribution in [2.45, 2.75) is 5.41 Å². The fourth-order valence-corrected chi connectivity index (χ4v) is 14.3. The molecule has 0 N–H and O–H groups in total. The lowest BCUT2D eigenvalue weighted by molar-refractivity contribution is 0.794. The SMILES string of the molecule is c1ccc(N2c3cc(-c4ccc5c(c4)-c4ccccc4C54c5ccccc5-c5ccccc54)cc4c3B(c3ccc5c(ccc6ccccc65)c32)c2ccc3c(ccc5ccccc53)c2N4c2ccccc2)cc1. The van der Waals surface area contributed by atoms with Gasteiger partial charge in [-0.15, -0.1) is 0 Å². The Morgan fingerprint density at radius 3 is 1.22 bits per heavy atom. The number of benzene rings is 13. The van der Waals surface area contributed by atoms with E-state index in [9.17, 15) is 0 Å². The highest BCUT2D eigenvalue weighted by atomic mass is 15.2. The van der Waals surface area contributed by atoms with Crippen molar-refractivity contribution < 1.29 is 0 Å². The molecule has 13 aromatic carbocycles. The van der Waals surface area contributed by atoms with E-state index < -0.39 is 5.41 Å². The van der Waals surface area contributed by atoms with Crippen molar-refractivity contribution in [1.82, 2.24) is 0 Å².